The molecule has 1 aliphatic carbocycles. The molecule has 0 aromatic heterocycles. The van der Waals surface area contributed by atoms with Crippen LogP contribution in [0.15, 0.2) is 72.8 Å². The highest BCUT2D eigenvalue weighted by atomic mass is 16.6. The van der Waals surface area contributed by atoms with E-state index in [1.807, 2.05) is 42.5 Å². The Kier molecular flexibility index (Phi) is 13.2. The van der Waals surface area contributed by atoms with Crippen LogP contribution in [0.3, 0.4) is 0 Å². The molecule has 1 amide bonds. The van der Waals surface area contributed by atoms with Gasteiger partial charge in [0.1, 0.15) is 12.7 Å². The number of carbonyl (C=O) groups excluding carboxylic acids is 2. The van der Waals surface area contributed by atoms with E-state index in [0.717, 1.165) is 44.1 Å². The van der Waals surface area contributed by atoms with Crippen molar-refractivity contribution in [3.63, 3.8) is 0 Å². The van der Waals surface area contributed by atoms with Gasteiger partial charge in [-0.1, -0.05) is 139 Å². The number of ether oxygens (including phenoxy) is 2. The third kappa shape index (κ3) is 10.0. The van der Waals surface area contributed by atoms with Crippen molar-refractivity contribution in [2.75, 3.05) is 0 Å². The zero-order chi connectivity index (χ0) is 30.4. The fraction of sp³-hybridized carbons (Fsp3) is 0.568. The van der Waals surface area contributed by atoms with Crippen LogP contribution >= 0.6 is 0 Å². The predicted octanol–water partition coefficient (Wildman–Crippen LogP) is 9.30. The molecule has 0 saturated heterocycles. The Morgan fingerprint density at radius 2 is 1.55 bits per heavy atom. The van der Waals surface area contributed by atoms with Crippen molar-refractivity contribution < 1.29 is 19.1 Å². The summed E-state index contributed by atoms with van der Waals surface area (Å²) in [4.78, 5) is 26.9. The van der Waals surface area contributed by atoms with Gasteiger partial charge in [-0.3, -0.25) is 0 Å². The summed E-state index contributed by atoms with van der Waals surface area (Å²) < 4.78 is 11.9. The molecule has 1 fully saturated rings. The average molecular weight is 576 g/mol. The van der Waals surface area contributed by atoms with E-state index in [9.17, 15) is 9.59 Å². The summed E-state index contributed by atoms with van der Waals surface area (Å²) in [6.07, 6.45) is 13.9. The minimum atomic E-state index is -1.34. The lowest BCUT2D eigenvalue weighted by molar-refractivity contribution is -0.161. The molecule has 2 aromatic rings. The summed E-state index contributed by atoms with van der Waals surface area (Å²) in [6, 6.07) is 20.0. The van der Waals surface area contributed by atoms with Gasteiger partial charge >= 0.3 is 12.1 Å². The molecule has 0 bridgehead atoms. The summed E-state index contributed by atoms with van der Waals surface area (Å²) in [7, 11) is 0. The lowest BCUT2D eigenvalue weighted by Crippen LogP contribution is -2.54. The fourth-order valence-corrected chi connectivity index (χ4v) is 6.12. The molecule has 0 heterocycles. The number of esters is 1. The van der Waals surface area contributed by atoms with Crippen molar-refractivity contribution >= 4 is 12.1 Å². The van der Waals surface area contributed by atoms with E-state index in [4.69, 9.17) is 9.47 Å². The Bertz CT molecular complexity index is 1110. The molecular weight excluding hydrogens is 522 g/mol. The number of carbonyl (C=O) groups is 2. The van der Waals surface area contributed by atoms with Crippen LogP contribution in [0.4, 0.5) is 4.79 Å². The average Bonchev–Trinajstić information content (AvgIpc) is 2.98. The van der Waals surface area contributed by atoms with Crippen molar-refractivity contribution in [3.8, 4) is 0 Å². The highest BCUT2D eigenvalue weighted by Gasteiger charge is 2.44. The van der Waals surface area contributed by atoms with E-state index in [2.05, 4.69) is 57.3 Å². The molecule has 4 atom stereocenters. The number of unbranched alkanes of at least 4 members (excludes halogenated alkanes) is 6. The number of benzene rings is 2. The van der Waals surface area contributed by atoms with E-state index in [-0.39, 0.29) is 24.0 Å². The van der Waals surface area contributed by atoms with E-state index in [0.29, 0.717) is 5.92 Å². The minimum absolute atomic E-state index is 0.132. The van der Waals surface area contributed by atoms with E-state index >= 15 is 0 Å². The van der Waals surface area contributed by atoms with Gasteiger partial charge in [-0.15, -0.1) is 0 Å². The summed E-state index contributed by atoms with van der Waals surface area (Å²) in [6.45, 7) is 10.8. The standard InChI is InChI=1S/C37H53NO4/c1-6-7-8-9-10-11-12-19-26-37(5,38-35(40)41-28-30-20-15-13-16-21-30)34(39)42-33-27-29(2)24-25-32(33)36(3,4)31-22-17-14-18-23-31/h13-23,26,29,32-33H,6-12,24-25,27-28H2,1-5H3,(H,38,40)/b26-19+/t29-,32-,33-,37-/m1/s1. The number of allylic oxidation sites excluding steroid dienone is 1. The molecule has 230 valence electrons. The molecule has 1 aliphatic rings. The highest BCUT2D eigenvalue weighted by Crippen LogP contribution is 2.44. The first-order valence-corrected chi connectivity index (χ1v) is 16.1. The van der Waals surface area contributed by atoms with Crippen LogP contribution in [-0.4, -0.2) is 23.7 Å². The Hall–Kier alpha value is -3.08. The molecule has 0 aliphatic heterocycles. The normalized spacial score (nSPS) is 20.5. The first-order valence-electron chi connectivity index (χ1n) is 16.1. The third-order valence-corrected chi connectivity index (χ3v) is 8.93. The maximum absolute atomic E-state index is 14.0. The maximum atomic E-state index is 14.0. The van der Waals surface area contributed by atoms with Crippen LogP contribution in [0.25, 0.3) is 0 Å². The van der Waals surface area contributed by atoms with Crippen molar-refractivity contribution in [2.45, 2.75) is 122 Å². The van der Waals surface area contributed by atoms with Gasteiger partial charge in [0.05, 0.1) is 0 Å². The zero-order valence-electron chi connectivity index (χ0n) is 26.6. The molecule has 1 saturated carbocycles. The number of hydrogen-bond acceptors (Lipinski definition) is 4. The molecular formula is C37H53NO4. The van der Waals surface area contributed by atoms with Crippen LogP contribution < -0.4 is 5.32 Å². The van der Waals surface area contributed by atoms with Gasteiger partial charge < -0.3 is 14.8 Å². The highest BCUT2D eigenvalue weighted by molar-refractivity contribution is 5.87. The molecule has 0 radical (unpaired) electrons. The van der Waals surface area contributed by atoms with Crippen molar-refractivity contribution in [1.82, 2.24) is 5.32 Å². The Morgan fingerprint density at radius 3 is 2.24 bits per heavy atom. The molecule has 5 heteroatoms. The topological polar surface area (TPSA) is 64.6 Å². The van der Waals surface area contributed by atoms with Gasteiger partial charge in [0.15, 0.2) is 5.54 Å². The monoisotopic (exact) mass is 575 g/mol. The number of rotatable bonds is 15. The second-order valence-electron chi connectivity index (χ2n) is 12.9. The first-order chi connectivity index (χ1) is 20.2. The number of hydrogen-bond donors (Lipinski definition) is 1. The SMILES string of the molecule is CCCCCCCC/C=C/[C@@](C)(NC(=O)OCc1ccccc1)C(=O)O[C@@H]1C[C@H](C)CC[C@H]1C(C)(C)c1ccccc1. The van der Waals surface area contributed by atoms with Crippen molar-refractivity contribution in [1.29, 1.82) is 0 Å². The van der Waals surface area contributed by atoms with Crippen LogP contribution in [0, 0.1) is 11.8 Å². The second-order valence-corrected chi connectivity index (χ2v) is 12.9. The Balaban J connectivity index is 1.74. The van der Waals surface area contributed by atoms with Crippen LogP contribution in [0.5, 0.6) is 0 Å². The first kappa shape index (κ1) is 33.4. The van der Waals surface area contributed by atoms with Gasteiger partial charge in [-0.2, -0.15) is 0 Å². The second kappa shape index (κ2) is 16.5. The van der Waals surface area contributed by atoms with Crippen LogP contribution in [-0.2, 0) is 26.3 Å². The summed E-state index contributed by atoms with van der Waals surface area (Å²) in [5, 5.41) is 2.85. The fourth-order valence-electron chi connectivity index (χ4n) is 6.12. The van der Waals surface area contributed by atoms with E-state index < -0.39 is 17.6 Å². The molecule has 0 spiro atoms. The quantitative estimate of drug-likeness (QED) is 0.131. The van der Waals surface area contributed by atoms with Gasteiger partial charge in [0.2, 0.25) is 0 Å². The molecule has 5 nitrogen and oxygen atoms in total. The van der Waals surface area contributed by atoms with Gasteiger partial charge in [0, 0.05) is 5.92 Å². The molecule has 1 N–H and O–H groups in total. The summed E-state index contributed by atoms with van der Waals surface area (Å²) in [5.74, 6) is 0.191. The molecule has 42 heavy (non-hydrogen) atoms. The smallest absolute Gasteiger partial charge is 0.408 e. The van der Waals surface area contributed by atoms with Gasteiger partial charge in [0.25, 0.3) is 0 Å². The van der Waals surface area contributed by atoms with Crippen LogP contribution in [0.2, 0.25) is 0 Å². The largest absolute Gasteiger partial charge is 0.460 e. The third-order valence-electron chi connectivity index (χ3n) is 8.93. The summed E-state index contributed by atoms with van der Waals surface area (Å²) >= 11 is 0. The molecule has 3 rings (SSSR count). The van der Waals surface area contributed by atoms with Crippen LogP contribution in [0.1, 0.15) is 110 Å². The Labute approximate surface area is 254 Å². The Morgan fingerprint density at radius 1 is 0.905 bits per heavy atom. The zero-order valence-corrected chi connectivity index (χ0v) is 26.6. The minimum Gasteiger partial charge on any atom is -0.460 e. The predicted molar refractivity (Wildman–Crippen MR) is 171 cm³/mol. The molecule has 0 unspecified atom stereocenters. The summed E-state index contributed by atoms with van der Waals surface area (Å²) in [5.41, 5.74) is 0.629. The van der Waals surface area contributed by atoms with Crippen molar-refractivity contribution in [2.24, 2.45) is 11.8 Å². The lowest BCUT2D eigenvalue weighted by atomic mass is 9.64. The van der Waals surface area contributed by atoms with E-state index in [1.54, 1.807) is 13.0 Å². The van der Waals surface area contributed by atoms with Gasteiger partial charge in [-0.25, -0.2) is 9.59 Å². The maximum Gasteiger partial charge on any atom is 0.408 e. The molecule has 2 aromatic carbocycles. The van der Waals surface area contributed by atoms with Gasteiger partial charge in [-0.05, 0) is 55.1 Å². The number of nitrogens with one attached hydrogen (secondary N) is 1. The van der Waals surface area contributed by atoms with Crippen molar-refractivity contribution in [3.05, 3.63) is 83.9 Å². The number of alkyl carbamates (subject to hydrolysis) is 1. The van der Waals surface area contributed by atoms with E-state index in [1.165, 1.54) is 31.2 Å². The lowest BCUT2D eigenvalue weighted by Gasteiger charge is -2.44. The number of amides is 1.